The highest BCUT2D eigenvalue weighted by atomic mass is 32.2. The smallest absolute Gasteiger partial charge is 0.254 e. The Morgan fingerprint density at radius 1 is 1.06 bits per heavy atom. The van der Waals surface area contributed by atoms with E-state index in [1.807, 2.05) is 70.3 Å². The van der Waals surface area contributed by atoms with Gasteiger partial charge in [0.05, 0.1) is 12.1 Å². The molecule has 1 fully saturated rings. The van der Waals surface area contributed by atoms with E-state index in [-0.39, 0.29) is 17.7 Å². The van der Waals surface area contributed by atoms with Gasteiger partial charge < -0.3 is 9.47 Å². The van der Waals surface area contributed by atoms with Crippen LogP contribution in [0.1, 0.15) is 40.7 Å². The molecule has 3 aromatic rings. The number of likely N-dealkylation sites (tertiary alicyclic amines) is 1. The summed E-state index contributed by atoms with van der Waals surface area (Å²) in [6.07, 6.45) is 7.48. The fraction of sp³-hybridized carbons (Fsp3) is 0.360. The monoisotopic (exact) mass is 466 g/mol. The Labute approximate surface area is 195 Å². The van der Waals surface area contributed by atoms with Crippen molar-refractivity contribution in [2.75, 3.05) is 20.1 Å². The van der Waals surface area contributed by atoms with Crippen molar-refractivity contribution in [3.8, 4) is 0 Å². The number of carbonyl (C=O) groups is 1. The first kappa shape index (κ1) is 23.2. The van der Waals surface area contributed by atoms with Crippen LogP contribution in [0.2, 0.25) is 0 Å². The summed E-state index contributed by atoms with van der Waals surface area (Å²) in [5.41, 5.74) is 2.42. The fourth-order valence-corrected chi connectivity index (χ4v) is 5.86. The van der Waals surface area contributed by atoms with Crippen molar-refractivity contribution < 1.29 is 13.2 Å². The van der Waals surface area contributed by atoms with E-state index in [0.29, 0.717) is 31.6 Å². The van der Waals surface area contributed by atoms with Crippen molar-refractivity contribution in [3.05, 3.63) is 90.0 Å². The second-order valence-corrected chi connectivity index (χ2v) is 10.6. The number of benzene rings is 2. The van der Waals surface area contributed by atoms with Crippen LogP contribution in [-0.4, -0.2) is 59.3 Å². The molecule has 1 saturated heterocycles. The minimum absolute atomic E-state index is 0.00108. The second kappa shape index (κ2) is 10.3. The van der Waals surface area contributed by atoms with E-state index >= 15 is 0 Å². The molecule has 0 spiro atoms. The quantitative estimate of drug-likeness (QED) is 0.535. The zero-order chi connectivity index (χ0) is 23.3. The molecule has 2 aromatic carbocycles. The molecule has 0 bridgehead atoms. The van der Waals surface area contributed by atoms with Crippen LogP contribution in [0.25, 0.3) is 0 Å². The van der Waals surface area contributed by atoms with Crippen molar-refractivity contribution in [1.29, 1.82) is 0 Å². The van der Waals surface area contributed by atoms with Gasteiger partial charge in [0.2, 0.25) is 10.0 Å². The third-order valence-electron chi connectivity index (χ3n) is 6.29. The predicted molar refractivity (Wildman–Crippen MR) is 128 cm³/mol. The Kier molecular flexibility index (Phi) is 7.25. The summed E-state index contributed by atoms with van der Waals surface area (Å²) in [4.78, 5) is 19.3. The van der Waals surface area contributed by atoms with Crippen molar-refractivity contribution >= 4 is 15.9 Å². The normalized spacial score (nSPS) is 17.2. The van der Waals surface area contributed by atoms with E-state index in [0.717, 1.165) is 24.0 Å². The molecule has 1 atom stereocenters. The average Bonchev–Trinajstić information content (AvgIpc) is 3.20. The molecule has 7 nitrogen and oxygen atoms in total. The summed E-state index contributed by atoms with van der Waals surface area (Å²) in [6.45, 7) is 1.74. The first-order valence-corrected chi connectivity index (χ1v) is 12.9. The first-order valence-electron chi connectivity index (χ1n) is 11.3. The van der Waals surface area contributed by atoms with Crippen molar-refractivity contribution in [2.45, 2.75) is 37.6 Å². The van der Waals surface area contributed by atoms with Gasteiger partial charge in [-0.2, -0.15) is 0 Å². The zero-order valence-corrected chi connectivity index (χ0v) is 19.7. The van der Waals surface area contributed by atoms with Crippen molar-refractivity contribution in [3.63, 3.8) is 0 Å². The van der Waals surface area contributed by atoms with Crippen molar-refractivity contribution in [1.82, 2.24) is 18.8 Å². The van der Waals surface area contributed by atoms with Gasteiger partial charge in [-0.15, -0.1) is 0 Å². The van der Waals surface area contributed by atoms with Gasteiger partial charge in [-0.1, -0.05) is 48.5 Å². The number of amides is 1. The Hall–Kier alpha value is -2.97. The molecule has 4 rings (SSSR count). The van der Waals surface area contributed by atoms with Crippen LogP contribution in [-0.2, 0) is 22.3 Å². The van der Waals surface area contributed by atoms with Gasteiger partial charge in [-0.25, -0.2) is 17.7 Å². The summed E-state index contributed by atoms with van der Waals surface area (Å²) >= 11 is 0. The molecule has 0 radical (unpaired) electrons. The van der Waals surface area contributed by atoms with Crippen LogP contribution in [0.5, 0.6) is 0 Å². The number of carbonyl (C=O) groups excluding carboxylic acids is 1. The predicted octanol–water partition coefficient (Wildman–Crippen LogP) is 3.39. The lowest BCUT2D eigenvalue weighted by Gasteiger charge is -2.27. The van der Waals surface area contributed by atoms with E-state index in [9.17, 15) is 13.2 Å². The van der Waals surface area contributed by atoms with Crippen LogP contribution in [0.3, 0.4) is 0 Å². The number of imidazole rings is 1. The molecule has 1 aromatic heterocycles. The third kappa shape index (κ3) is 5.69. The van der Waals surface area contributed by atoms with Crippen LogP contribution < -0.4 is 0 Å². The molecule has 1 aliphatic rings. The molecule has 1 aliphatic heterocycles. The van der Waals surface area contributed by atoms with Gasteiger partial charge in [-0.3, -0.25) is 4.79 Å². The molecule has 0 N–H and O–H groups in total. The Bertz CT molecular complexity index is 1160. The molecule has 1 amide bonds. The second-order valence-electron chi connectivity index (χ2n) is 8.53. The minimum atomic E-state index is -3.43. The molecule has 33 heavy (non-hydrogen) atoms. The number of nitrogens with zero attached hydrogens (tertiary/aromatic N) is 4. The van der Waals surface area contributed by atoms with Gasteiger partial charge in [0.1, 0.15) is 0 Å². The third-order valence-corrected chi connectivity index (χ3v) is 8.16. The van der Waals surface area contributed by atoms with E-state index < -0.39 is 10.0 Å². The topological polar surface area (TPSA) is 75.5 Å². The lowest BCUT2D eigenvalue weighted by atomic mass is 10.1. The highest BCUT2D eigenvalue weighted by Crippen LogP contribution is 2.22. The number of sulfonamides is 1. The van der Waals surface area contributed by atoms with Gasteiger partial charge >= 0.3 is 0 Å². The molecule has 2 heterocycles. The van der Waals surface area contributed by atoms with E-state index in [4.69, 9.17) is 0 Å². The van der Waals surface area contributed by atoms with E-state index in [1.165, 1.54) is 4.31 Å². The summed E-state index contributed by atoms with van der Waals surface area (Å²) < 4.78 is 29.4. The molecular formula is C25H30N4O3S. The molecule has 0 unspecified atom stereocenters. The molecule has 0 saturated carbocycles. The van der Waals surface area contributed by atoms with Crippen LogP contribution in [0.4, 0.5) is 0 Å². The SMILES string of the molecule is CN([C@H]1CCCN(C(=O)c2ccccc2Cn2ccnc2)CC1)S(=O)(=O)Cc1ccccc1. The fourth-order valence-electron chi connectivity index (χ4n) is 4.37. The maximum atomic E-state index is 13.4. The summed E-state index contributed by atoms with van der Waals surface area (Å²) in [5.74, 6) is -0.00774. The molecule has 174 valence electrons. The minimum Gasteiger partial charge on any atom is -0.339 e. The van der Waals surface area contributed by atoms with E-state index in [2.05, 4.69) is 4.98 Å². The number of hydrogen-bond acceptors (Lipinski definition) is 4. The largest absolute Gasteiger partial charge is 0.339 e. The first-order chi connectivity index (χ1) is 15.9. The van der Waals surface area contributed by atoms with E-state index in [1.54, 1.807) is 19.6 Å². The highest BCUT2D eigenvalue weighted by molar-refractivity contribution is 7.88. The highest BCUT2D eigenvalue weighted by Gasteiger charge is 2.30. The Morgan fingerprint density at radius 2 is 1.82 bits per heavy atom. The Morgan fingerprint density at radius 3 is 2.58 bits per heavy atom. The molecule has 0 aliphatic carbocycles. The maximum Gasteiger partial charge on any atom is 0.254 e. The lowest BCUT2D eigenvalue weighted by Crippen LogP contribution is -2.39. The van der Waals surface area contributed by atoms with Gasteiger partial charge in [0.15, 0.2) is 0 Å². The number of hydrogen-bond donors (Lipinski definition) is 0. The lowest BCUT2D eigenvalue weighted by molar-refractivity contribution is 0.0758. The maximum absolute atomic E-state index is 13.4. The summed E-state index contributed by atoms with van der Waals surface area (Å²) in [5, 5.41) is 0. The molecule has 8 heteroatoms. The van der Waals surface area contributed by atoms with Gasteiger partial charge in [0.25, 0.3) is 5.91 Å². The van der Waals surface area contributed by atoms with Gasteiger partial charge in [-0.05, 0) is 36.5 Å². The van der Waals surface area contributed by atoms with Crippen LogP contribution >= 0.6 is 0 Å². The van der Waals surface area contributed by atoms with Gasteiger partial charge in [0, 0.05) is 50.7 Å². The number of rotatable bonds is 7. The summed E-state index contributed by atoms with van der Waals surface area (Å²) in [7, 11) is -1.77. The number of aromatic nitrogens is 2. The Balaban J connectivity index is 1.42. The average molecular weight is 467 g/mol. The van der Waals surface area contributed by atoms with Crippen LogP contribution in [0.15, 0.2) is 73.3 Å². The van der Waals surface area contributed by atoms with Crippen molar-refractivity contribution in [2.24, 2.45) is 0 Å². The summed E-state index contributed by atoms with van der Waals surface area (Å²) in [6, 6.07) is 16.8. The zero-order valence-electron chi connectivity index (χ0n) is 18.9. The standard InChI is InChI=1S/C25H30N4O3S/c1-27(33(31,32)19-21-8-3-2-4-9-21)23-11-7-15-29(16-13-23)25(30)24-12-6-5-10-22(24)18-28-17-14-26-20-28/h2-6,8-10,12,14,17,20,23H,7,11,13,15-16,18-19H2,1H3/t23-/m0/s1. The molecular weight excluding hydrogens is 436 g/mol. The van der Waals surface area contributed by atoms with Crippen LogP contribution in [0, 0.1) is 0 Å².